The van der Waals surface area contributed by atoms with Gasteiger partial charge < -0.3 is 10.1 Å². The predicted molar refractivity (Wildman–Crippen MR) is 116 cm³/mol. The van der Waals surface area contributed by atoms with Crippen molar-refractivity contribution in [2.75, 3.05) is 5.32 Å². The standard InChI is InChI=1S/C21H21N5O6/c1-5-24-11-18(26(30)31)20(23-24)21(27)22-15-8-16(25(28)29)10-17(9-15)32-19-7-12(2)6-13(3)14(19)4/h6-11H,5H2,1-4H3,(H,22,27). The van der Waals surface area contributed by atoms with Gasteiger partial charge in [0.1, 0.15) is 17.7 Å². The molecule has 2 aromatic carbocycles. The van der Waals surface area contributed by atoms with Gasteiger partial charge in [0.15, 0.2) is 0 Å². The highest BCUT2D eigenvalue weighted by Crippen LogP contribution is 2.33. The third kappa shape index (κ3) is 4.72. The second-order valence-corrected chi connectivity index (χ2v) is 7.21. The van der Waals surface area contributed by atoms with Gasteiger partial charge >= 0.3 is 5.69 Å². The lowest BCUT2D eigenvalue weighted by molar-refractivity contribution is -0.385. The van der Waals surface area contributed by atoms with Gasteiger partial charge in [-0.1, -0.05) is 6.07 Å². The van der Waals surface area contributed by atoms with Crippen LogP contribution in [0.15, 0.2) is 36.5 Å². The fourth-order valence-corrected chi connectivity index (χ4v) is 3.11. The van der Waals surface area contributed by atoms with Crippen LogP contribution in [-0.2, 0) is 6.54 Å². The van der Waals surface area contributed by atoms with Crippen LogP contribution < -0.4 is 10.1 Å². The maximum Gasteiger partial charge on any atom is 0.320 e. The molecule has 0 fully saturated rings. The van der Waals surface area contributed by atoms with Gasteiger partial charge in [0.25, 0.3) is 11.6 Å². The first-order valence-corrected chi connectivity index (χ1v) is 9.67. The number of amides is 1. The number of aromatic nitrogens is 2. The Hall–Kier alpha value is -4.28. The lowest BCUT2D eigenvalue weighted by Gasteiger charge is -2.13. The van der Waals surface area contributed by atoms with E-state index >= 15 is 0 Å². The van der Waals surface area contributed by atoms with E-state index in [9.17, 15) is 25.0 Å². The molecule has 166 valence electrons. The van der Waals surface area contributed by atoms with E-state index in [1.807, 2.05) is 26.8 Å². The summed E-state index contributed by atoms with van der Waals surface area (Å²) < 4.78 is 7.15. The zero-order valence-corrected chi connectivity index (χ0v) is 17.9. The van der Waals surface area contributed by atoms with Crippen LogP contribution in [0, 0.1) is 41.0 Å². The lowest BCUT2D eigenvalue weighted by atomic mass is 10.1. The topological polar surface area (TPSA) is 142 Å². The summed E-state index contributed by atoms with van der Waals surface area (Å²) in [6.07, 6.45) is 1.15. The van der Waals surface area contributed by atoms with Crippen molar-refractivity contribution in [1.29, 1.82) is 0 Å². The van der Waals surface area contributed by atoms with Crippen molar-refractivity contribution >= 4 is 23.0 Å². The monoisotopic (exact) mass is 439 g/mol. The molecular weight excluding hydrogens is 418 g/mol. The van der Waals surface area contributed by atoms with Gasteiger partial charge in [-0.15, -0.1) is 0 Å². The molecular formula is C21H21N5O6. The molecule has 0 unspecified atom stereocenters. The van der Waals surface area contributed by atoms with Crippen molar-refractivity contribution in [2.24, 2.45) is 0 Å². The Morgan fingerprint density at radius 3 is 2.44 bits per heavy atom. The number of anilines is 1. The van der Waals surface area contributed by atoms with Gasteiger partial charge in [-0.2, -0.15) is 5.10 Å². The molecule has 1 heterocycles. The summed E-state index contributed by atoms with van der Waals surface area (Å²) in [5, 5.41) is 29.0. The van der Waals surface area contributed by atoms with Crippen LogP contribution in [0.25, 0.3) is 0 Å². The molecule has 0 aliphatic heterocycles. The zero-order chi connectivity index (χ0) is 23.6. The van der Waals surface area contributed by atoms with Gasteiger partial charge in [-0.25, -0.2) is 0 Å². The number of nitrogens with zero attached hydrogens (tertiary/aromatic N) is 4. The van der Waals surface area contributed by atoms with Crippen molar-refractivity contribution in [3.05, 3.63) is 79.1 Å². The van der Waals surface area contributed by atoms with E-state index in [0.717, 1.165) is 29.0 Å². The minimum atomic E-state index is -0.863. The quantitative estimate of drug-likeness (QED) is 0.415. The van der Waals surface area contributed by atoms with Gasteiger partial charge in [0.05, 0.1) is 21.6 Å². The molecule has 0 atom stereocenters. The van der Waals surface area contributed by atoms with E-state index in [1.54, 1.807) is 13.0 Å². The van der Waals surface area contributed by atoms with Crippen molar-refractivity contribution in [2.45, 2.75) is 34.2 Å². The molecule has 0 spiro atoms. The van der Waals surface area contributed by atoms with Crippen LogP contribution in [0.4, 0.5) is 17.1 Å². The Bertz CT molecular complexity index is 1230. The number of hydrogen-bond donors (Lipinski definition) is 1. The van der Waals surface area contributed by atoms with Crippen molar-refractivity contribution in [3.8, 4) is 11.5 Å². The first-order chi connectivity index (χ1) is 15.1. The number of nitro benzene ring substituents is 1. The number of ether oxygens (including phenoxy) is 1. The number of carbonyl (C=O) groups is 1. The molecule has 11 heteroatoms. The molecule has 1 aromatic heterocycles. The number of benzene rings is 2. The number of nitrogens with one attached hydrogen (secondary N) is 1. The molecule has 0 saturated heterocycles. The summed E-state index contributed by atoms with van der Waals surface area (Å²) in [5.74, 6) is -0.202. The second kappa shape index (κ2) is 8.84. The fourth-order valence-electron chi connectivity index (χ4n) is 3.11. The number of non-ortho nitro benzene ring substituents is 1. The number of nitro groups is 2. The van der Waals surface area contributed by atoms with Crippen LogP contribution in [0.1, 0.15) is 34.1 Å². The van der Waals surface area contributed by atoms with Crippen LogP contribution >= 0.6 is 0 Å². The summed E-state index contributed by atoms with van der Waals surface area (Å²) >= 11 is 0. The molecule has 32 heavy (non-hydrogen) atoms. The number of hydrogen-bond acceptors (Lipinski definition) is 7. The average molecular weight is 439 g/mol. The molecule has 0 radical (unpaired) electrons. The molecule has 3 rings (SSSR count). The Balaban J connectivity index is 1.97. The van der Waals surface area contributed by atoms with Crippen LogP contribution in [0.2, 0.25) is 0 Å². The Morgan fingerprint density at radius 2 is 1.81 bits per heavy atom. The van der Waals surface area contributed by atoms with Crippen LogP contribution in [0.3, 0.4) is 0 Å². The summed E-state index contributed by atoms with van der Waals surface area (Å²) in [4.78, 5) is 34.0. The van der Waals surface area contributed by atoms with E-state index in [4.69, 9.17) is 4.74 Å². The Morgan fingerprint density at radius 1 is 1.09 bits per heavy atom. The Labute approximate surface area is 182 Å². The van der Waals surface area contributed by atoms with E-state index in [1.165, 1.54) is 16.8 Å². The molecule has 0 bridgehead atoms. The van der Waals surface area contributed by atoms with E-state index in [-0.39, 0.29) is 17.1 Å². The Kier molecular flexibility index (Phi) is 6.19. The highest BCUT2D eigenvalue weighted by atomic mass is 16.6. The first-order valence-electron chi connectivity index (χ1n) is 9.67. The average Bonchev–Trinajstić information content (AvgIpc) is 3.16. The molecule has 3 aromatic rings. The highest BCUT2D eigenvalue weighted by molar-refractivity contribution is 6.05. The fraction of sp³-hybridized carbons (Fsp3) is 0.238. The minimum Gasteiger partial charge on any atom is -0.457 e. The number of aryl methyl sites for hydroxylation is 3. The minimum absolute atomic E-state index is 0.0431. The molecule has 0 saturated carbocycles. The third-order valence-electron chi connectivity index (χ3n) is 4.83. The van der Waals surface area contributed by atoms with Crippen molar-refractivity contribution < 1.29 is 19.4 Å². The molecule has 0 aliphatic carbocycles. The molecule has 0 aliphatic rings. The van der Waals surface area contributed by atoms with Gasteiger partial charge in [-0.05, 0) is 50.5 Å². The number of rotatable bonds is 7. The molecule has 1 amide bonds. The van der Waals surface area contributed by atoms with Gasteiger partial charge in [-0.3, -0.25) is 29.7 Å². The van der Waals surface area contributed by atoms with E-state index in [2.05, 4.69) is 10.4 Å². The predicted octanol–water partition coefficient (Wildman–Crippen LogP) is 4.69. The van der Waals surface area contributed by atoms with Crippen LogP contribution in [-0.4, -0.2) is 25.5 Å². The van der Waals surface area contributed by atoms with Crippen molar-refractivity contribution in [3.63, 3.8) is 0 Å². The smallest absolute Gasteiger partial charge is 0.320 e. The second-order valence-electron chi connectivity index (χ2n) is 7.21. The van der Waals surface area contributed by atoms with E-state index in [0.29, 0.717) is 12.3 Å². The summed E-state index contributed by atoms with van der Waals surface area (Å²) in [6, 6.07) is 7.58. The third-order valence-corrected chi connectivity index (χ3v) is 4.83. The molecule has 11 nitrogen and oxygen atoms in total. The number of carbonyl (C=O) groups excluding carboxylic acids is 1. The first kappa shape index (κ1) is 22.4. The lowest BCUT2D eigenvalue weighted by Crippen LogP contribution is -2.15. The van der Waals surface area contributed by atoms with E-state index < -0.39 is 27.1 Å². The maximum atomic E-state index is 12.7. The summed E-state index contributed by atoms with van der Waals surface area (Å²) in [7, 11) is 0. The maximum absolute atomic E-state index is 12.7. The van der Waals surface area contributed by atoms with Crippen molar-refractivity contribution in [1.82, 2.24) is 9.78 Å². The molecule has 1 N–H and O–H groups in total. The van der Waals surface area contributed by atoms with Gasteiger partial charge in [0, 0.05) is 18.7 Å². The normalized spacial score (nSPS) is 10.6. The largest absolute Gasteiger partial charge is 0.457 e. The summed E-state index contributed by atoms with van der Waals surface area (Å²) in [6.45, 7) is 7.75. The SMILES string of the molecule is CCn1cc([N+](=O)[O-])c(C(=O)Nc2cc(Oc3cc(C)cc(C)c3C)cc([N+](=O)[O-])c2)n1. The van der Waals surface area contributed by atoms with Crippen LogP contribution in [0.5, 0.6) is 11.5 Å². The summed E-state index contributed by atoms with van der Waals surface area (Å²) in [5.41, 5.74) is 1.70. The highest BCUT2D eigenvalue weighted by Gasteiger charge is 2.26. The zero-order valence-electron chi connectivity index (χ0n) is 17.9. The van der Waals surface area contributed by atoms with Gasteiger partial charge in [0.2, 0.25) is 5.69 Å².